The molecule has 0 aliphatic carbocycles. The van der Waals surface area contributed by atoms with Gasteiger partial charge < -0.3 is 10.2 Å². The van der Waals surface area contributed by atoms with Crippen molar-refractivity contribution < 1.29 is 4.79 Å². The Morgan fingerprint density at radius 2 is 1.87 bits per heavy atom. The molecule has 3 aromatic rings. The molecule has 1 N–H and O–H groups in total. The van der Waals surface area contributed by atoms with Crippen molar-refractivity contribution in [2.45, 2.75) is 56.7 Å². The zero-order valence-corrected chi connectivity index (χ0v) is 17.3. The SMILES string of the molecule is O=C(c1cccc2cccnc12)N1CCCCC[C@H]2N[C@H](Cc3ccccc3)C[C@@H]21. The zero-order chi connectivity index (χ0) is 20.3. The van der Waals surface area contributed by atoms with Gasteiger partial charge in [0.15, 0.2) is 0 Å². The summed E-state index contributed by atoms with van der Waals surface area (Å²) < 4.78 is 0. The highest BCUT2D eigenvalue weighted by Crippen LogP contribution is 2.30. The fraction of sp³-hybridized carbons (Fsp3) is 0.385. The summed E-state index contributed by atoms with van der Waals surface area (Å²) in [6.07, 6.45) is 8.47. The number of carbonyl (C=O) groups is 1. The van der Waals surface area contributed by atoms with E-state index in [1.807, 2.05) is 30.3 Å². The number of fused-ring (bicyclic) bond motifs is 2. The molecule has 0 saturated carbocycles. The third-order valence-electron chi connectivity index (χ3n) is 6.70. The number of pyridine rings is 1. The lowest BCUT2D eigenvalue weighted by Gasteiger charge is -2.35. The van der Waals surface area contributed by atoms with Crippen LogP contribution in [0, 0.1) is 0 Å². The molecule has 3 heterocycles. The topological polar surface area (TPSA) is 45.2 Å². The molecule has 2 aromatic carbocycles. The van der Waals surface area contributed by atoms with Gasteiger partial charge in [0.05, 0.1) is 11.1 Å². The summed E-state index contributed by atoms with van der Waals surface area (Å²) in [5, 5.41) is 4.90. The average Bonchev–Trinajstić information content (AvgIpc) is 3.15. The first-order valence-electron chi connectivity index (χ1n) is 11.2. The lowest BCUT2D eigenvalue weighted by molar-refractivity contribution is 0.0641. The molecule has 4 nitrogen and oxygen atoms in total. The number of rotatable bonds is 3. The van der Waals surface area contributed by atoms with E-state index < -0.39 is 0 Å². The van der Waals surface area contributed by atoms with Gasteiger partial charge in [-0.05, 0) is 43.4 Å². The summed E-state index contributed by atoms with van der Waals surface area (Å²) in [5.74, 6) is 0.137. The summed E-state index contributed by atoms with van der Waals surface area (Å²) in [7, 11) is 0. The maximum atomic E-state index is 13.7. The molecule has 0 spiro atoms. The fourth-order valence-corrected chi connectivity index (χ4v) is 5.27. The normalized spacial score (nSPS) is 24.3. The van der Waals surface area contributed by atoms with E-state index in [-0.39, 0.29) is 11.9 Å². The molecule has 5 rings (SSSR count). The van der Waals surface area contributed by atoms with Crippen LogP contribution in [-0.2, 0) is 6.42 Å². The quantitative estimate of drug-likeness (QED) is 0.700. The second-order valence-electron chi connectivity index (χ2n) is 8.69. The van der Waals surface area contributed by atoms with Crippen LogP contribution in [0.2, 0.25) is 0 Å². The molecule has 0 radical (unpaired) electrons. The first-order valence-corrected chi connectivity index (χ1v) is 11.2. The number of para-hydroxylation sites is 1. The Kier molecular flexibility index (Phi) is 5.50. The van der Waals surface area contributed by atoms with Gasteiger partial charge in [0.1, 0.15) is 0 Å². The van der Waals surface area contributed by atoms with Crippen LogP contribution < -0.4 is 5.32 Å². The molecule has 4 heteroatoms. The summed E-state index contributed by atoms with van der Waals surface area (Å²) in [4.78, 5) is 20.4. The number of hydrogen-bond acceptors (Lipinski definition) is 3. The Labute approximate surface area is 178 Å². The number of likely N-dealkylation sites (tertiary alicyclic amines) is 1. The van der Waals surface area contributed by atoms with Crippen molar-refractivity contribution in [2.75, 3.05) is 6.54 Å². The number of nitrogens with one attached hydrogen (secondary N) is 1. The molecule has 2 fully saturated rings. The largest absolute Gasteiger partial charge is 0.334 e. The molecule has 30 heavy (non-hydrogen) atoms. The number of aromatic nitrogens is 1. The van der Waals surface area contributed by atoms with Crippen LogP contribution in [0.3, 0.4) is 0 Å². The predicted molar refractivity (Wildman–Crippen MR) is 121 cm³/mol. The van der Waals surface area contributed by atoms with Crippen molar-refractivity contribution in [3.63, 3.8) is 0 Å². The molecule has 3 atom stereocenters. The molecule has 1 amide bonds. The van der Waals surface area contributed by atoms with Crippen molar-refractivity contribution in [1.29, 1.82) is 0 Å². The van der Waals surface area contributed by atoms with Gasteiger partial charge in [-0.15, -0.1) is 0 Å². The van der Waals surface area contributed by atoms with E-state index in [0.717, 1.165) is 48.7 Å². The smallest absolute Gasteiger partial charge is 0.256 e. The number of carbonyl (C=O) groups excluding carboxylic acids is 1. The van der Waals surface area contributed by atoms with Crippen LogP contribution in [0.25, 0.3) is 10.9 Å². The second-order valence-corrected chi connectivity index (χ2v) is 8.69. The van der Waals surface area contributed by atoms with E-state index >= 15 is 0 Å². The first-order chi connectivity index (χ1) is 14.8. The Bertz CT molecular complexity index is 1010. The standard InChI is InChI=1S/C26H29N3O/c30-26(22-13-7-11-20-12-8-15-27-25(20)22)29-16-6-2-5-14-23-24(29)18-21(28-23)17-19-9-3-1-4-10-19/h1,3-4,7-13,15,21,23-24,28H,2,5-6,14,16-18H2/t21-,23-,24+/m1/s1. The van der Waals surface area contributed by atoms with Gasteiger partial charge in [0.2, 0.25) is 0 Å². The van der Waals surface area contributed by atoms with Gasteiger partial charge in [-0.3, -0.25) is 9.78 Å². The third-order valence-corrected chi connectivity index (χ3v) is 6.70. The minimum absolute atomic E-state index is 0.137. The molecular formula is C26H29N3O. The van der Waals surface area contributed by atoms with Crippen LogP contribution in [-0.4, -0.2) is 40.5 Å². The van der Waals surface area contributed by atoms with Crippen molar-refractivity contribution in [2.24, 2.45) is 0 Å². The maximum absolute atomic E-state index is 13.7. The summed E-state index contributed by atoms with van der Waals surface area (Å²) in [6.45, 7) is 0.836. The Balaban J connectivity index is 1.42. The summed E-state index contributed by atoms with van der Waals surface area (Å²) in [5.41, 5.74) is 2.91. The van der Waals surface area contributed by atoms with Crippen molar-refractivity contribution in [1.82, 2.24) is 15.2 Å². The van der Waals surface area contributed by atoms with Gasteiger partial charge in [-0.1, -0.05) is 61.4 Å². The highest BCUT2D eigenvalue weighted by molar-refractivity contribution is 6.05. The van der Waals surface area contributed by atoms with E-state index in [0.29, 0.717) is 12.1 Å². The highest BCUT2D eigenvalue weighted by atomic mass is 16.2. The van der Waals surface area contributed by atoms with Crippen LogP contribution in [0.4, 0.5) is 0 Å². The average molecular weight is 400 g/mol. The van der Waals surface area contributed by atoms with Crippen molar-refractivity contribution in [3.8, 4) is 0 Å². The van der Waals surface area contributed by atoms with E-state index in [2.05, 4.69) is 45.5 Å². The van der Waals surface area contributed by atoms with Gasteiger partial charge in [0.25, 0.3) is 5.91 Å². The lowest BCUT2D eigenvalue weighted by atomic mass is 9.95. The lowest BCUT2D eigenvalue weighted by Crippen LogP contribution is -2.48. The number of nitrogens with zero attached hydrogens (tertiary/aromatic N) is 2. The fourth-order valence-electron chi connectivity index (χ4n) is 5.27. The van der Waals surface area contributed by atoms with Gasteiger partial charge >= 0.3 is 0 Å². The van der Waals surface area contributed by atoms with Gasteiger partial charge in [-0.25, -0.2) is 0 Å². The predicted octanol–water partition coefficient (Wildman–Crippen LogP) is 4.59. The van der Waals surface area contributed by atoms with Gasteiger partial charge in [-0.2, -0.15) is 0 Å². The van der Waals surface area contributed by atoms with E-state index in [1.54, 1.807) is 6.20 Å². The molecule has 154 valence electrons. The molecule has 2 saturated heterocycles. The Morgan fingerprint density at radius 3 is 2.77 bits per heavy atom. The molecule has 2 aliphatic rings. The van der Waals surface area contributed by atoms with Crippen LogP contribution in [0.1, 0.15) is 48.0 Å². The molecule has 0 unspecified atom stereocenters. The van der Waals surface area contributed by atoms with Crippen LogP contribution >= 0.6 is 0 Å². The van der Waals surface area contributed by atoms with Crippen LogP contribution in [0.15, 0.2) is 66.9 Å². The Hall–Kier alpha value is -2.72. The second kappa shape index (κ2) is 8.57. The van der Waals surface area contributed by atoms with Crippen molar-refractivity contribution >= 4 is 16.8 Å². The van der Waals surface area contributed by atoms with Crippen molar-refractivity contribution in [3.05, 3.63) is 78.0 Å². The summed E-state index contributed by atoms with van der Waals surface area (Å²) in [6, 6.07) is 21.6. The molecule has 2 aliphatic heterocycles. The van der Waals surface area contributed by atoms with Gasteiger partial charge in [0, 0.05) is 36.3 Å². The van der Waals surface area contributed by atoms with Crippen LogP contribution in [0.5, 0.6) is 0 Å². The summed E-state index contributed by atoms with van der Waals surface area (Å²) >= 11 is 0. The molecule has 0 bridgehead atoms. The van der Waals surface area contributed by atoms with E-state index in [4.69, 9.17) is 0 Å². The maximum Gasteiger partial charge on any atom is 0.256 e. The molecule has 1 aromatic heterocycles. The molecular weight excluding hydrogens is 370 g/mol. The number of hydrogen-bond donors (Lipinski definition) is 1. The first kappa shape index (κ1) is 19.3. The number of amides is 1. The highest BCUT2D eigenvalue weighted by Gasteiger charge is 2.40. The zero-order valence-electron chi connectivity index (χ0n) is 17.3. The van der Waals surface area contributed by atoms with E-state index in [1.165, 1.54) is 18.4 Å². The minimum Gasteiger partial charge on any atom is -0.334 e. The monoisotopic (exact) mass is 399 g/mol. The number of benzene rings is 2. The minimum atomic E-state index is 0.137. The van der Waals surface area contributed by atoms with E-state index in [9.17, 15) is 4.79 Å². The Morgan fingerprint density at radius 1 is 1.00 bits per heavy atom. The third kappa shape index (κ3) is 3.84.